The third kappa shape index (κ3) is 11.5. The van der Waals surface area contributed by atoms with Crippen LogP contribution in [-0.4, -0.2) is 12.1 Å². The average molecular weight is 240 g/mol. The Morgan fingerprint density at radius 2 is 1.60 bits per heavy atom. The highest BCUT2D eigenvalue weighted by atomic mass is 35.5. The van der Waals surface area contributed by atoms with E-state index in [4.69, 9.17) is 0 Å². The smallest absolute Gasteiger partial charge is 0.263 e. The van der Waals surface area contributed by atoms with Gasteiger partial charge in [0.1, 0.15) is 0 Å². The van der Waals surface area contributed by atoms with Crippen LogP contribution >= 0.6 is 12.4 Å². The molecule has 0 atom stereocenters. The molecule has 15 heavy (non-hydrogen) atoms. The zero-order valence-corrected chi connectivity index (χ0v) is 10.2. The minimum atomic E-state index is -2.78. The fourth-order valence-electron chi connectivity index (χ4n) is 1.00. The first-order valence-electron chi connectivity index (χ1n) is 5.22. The predicted molar refractivity (Wildman–Crippen MR) is 64.3 cm³/mol. The molecule has 4 heteroatoms. The van der Waals surface area contributed by atoms with Gasteiger partial charge in [0.15, 0.2) is 0 Å². The Morgan fingerprint density at radius 1 is 1.07 bits per heavy atom. The summed E-state index contributed by atoms with van der Waals surface area (Å²) in [5.41, 5.74) is 0. The third-order valence-corrected chi connectivity index (χ3v) is 1.84. The first-order valence-corrected chi connectivity index (χ1v) is 5.22. The van der Waals surface area contributed by atoms with Crippen LogP contribution in [0.25, 0.3) is 0 Å². The van der Waals surface area contributed by atoms with E-state index < -0.39 is 5.92 Å². The molecule has 0 aromatic carbocycles. The fourth-order valence-corrected chi connectivity index (χ4v) is 1.00. The van der Waals surface area contributed by atoms with Crippen molar-refractivity contribution in [2.24, 2.45) is 4.99 Å². The second-order valence-corrected chi connectivity index (χ2v) is 3.33. The van der Waals surface area contributed by atoms with Crippen molar-refractivity contribution in [1.82, 2.24) is 0 Å². The molecule has 0 saturated heterocycles. The van der Waals surface area contributed by atoms with E-state index in [1.807, 2.05) is 0 Å². The largest absolute Gasteiger partial charge is 0.303 e. The van der Waals surface area contributed by atoms with Crippen molar-refractivity contribution in [2.75, 3.05) is 0 Å². The fraction of sp³-hybridized carbons (Fsp3) is 0.727. The van der Waals surface area contributed by atoms with Gasteiger partial charge in [-0.3, -0.25) is 4.99 Å². The standard InChI is InChI=1S/C7H16.C4H3F2N.ClH/c1-3-5-7-6-4-2;5-4(6)1-2-7-3-4;/h3-7H2,1-2H3;1-3H;1H. The van der Waals surface area contributed by atoms with Gasteiger partial charge in [0.05, 0.1) is 6.21 Å². The summed E-state index contributed by atoms with van der Waals surface area (Å²) >= 11 is 0. The molecular formula is C11H20ClF2N. The topological polar surface area (TPSA) is 12.4 Å². The Balaban J connectivity index is 0. The lowest BCUT2D eigenvalue weighted by molar-refractivity contribution is 0.143. The molecule has 1 heterocycles. The third-order valence-electron chi connectivity index (χ3n) is 1.84. The molecule has 1 aliphatic rings. The summed E-state index contributed by atoms with van der Waals surface area (Å²) < 4.78 is 23.4. The molecule has 90 valence electrons. The second kappa shape index (κ2) is 10.1. The summed E-state index contributed by atoms with van der Waals surface area (Å²) in [5.74, 6) is -2.78. The molecule has 0 aromatic heterocycles. The van der Waals surface area contributed by atoms with Crippen LogP contribution in [0.5, 0.6) is 0 Å². The van der Waals surface area contributed by atoms with Crippen molar-refractivity contribution in [3.63, 3.8) is 0 Å². The molecule has 1 nitrogen and oxygen atoms in total. The SMILES string of the molecule is CCCCCCC.Cl.FC1(F)C=CN=C1. The normalized spacial score (nSPS) is 15.5. The summed E-state index contributed by atoms with van der Waals surface area (Å²) in [7, 11) is 0. The van der Waals surface area contributed by atoms with Crippen LogP contribution in [0.1, 0.15) is 46.0 Å². The summed E-state index contributed by atoms with van der Waals surface area (Å²) in [5, 5.41) is 0. The Kier molecular flexibility index (Phi) is 11.4. The van der Waals surface area contributed by atoms with E-state index in [0.717, 1.165) is 12.3 Å². The molecule has 1 aliphatic heterocycles. The molecular weight excluding hydrogens is 220 g/mol. The van der Waals surface area contributed by atoms with E-state index in [-0.39, 0.29) is 12.4 Å². The van der Waals surface area contributed by atoms with E-state index in [0.29, 0.717) is 6.21 Å². The van der Waals surface area contributed by atoms with Crippen LogP contribution in [0.3, 0.4) is 0 Å². The van der Waals surface area contributed by atoms with Gasteiger partial charge in [-0.25, -0.2) is 0 Å². The summed E-state index contributed by atoms with van der Waals surface area (Å²) in [4.78, 5) is 3.18. The minimum absolute atomic E-state index is 0. The average Bonchev–Trinajstić information content (AvgIpc) is 2.52. The maximum Gasteiger partial charge on any atom is 0.303 e. The Bertz CT molecular complexity index is 173. The Morgan fingerprint density at radius 3 is 1.80 bits per heavy atom. The maximum absolute atomic E-state index is 11.7. The van der Waals surface area contributed by atoms with Crippen LogP contribution in [0.4, 0.5) is 8.78 Å². The molecule has 0 unspecified atom stereocenters. The number of alkyl halides is 2. The van der Waals surface area contributed by atoms with Gasteiger partial charge in [-0.2, -0.15) is 8.78 Å². The van der Waals surface area contributed by atoms with Gasteiger partial charge in [-0.05, 0) is 0 Å². The Labute approximate surface area is 97.1 Å². The van der Waals surface area contributed by atoms with E-state index in [1.54, 1.807) is 0 Å². The summed E-state index contributed by atoms with van der Waals surface area (Å²) in [6.45, 7) is 4.49. The first kappa shape index (κ1) is 17.0. The first-order chi connectivity index (χ1) is 6.62. The van der Waals surface area contributed by atoms with Crippen molar-refractivity contribution in [2.45, 2.75) is 51.9 Å². The Hall–Kier alpha value is -0.440. The minimum Gasteiger partial charge on any atom is -0.263 e. The van der Waals surface area contributed by atoms with Gasteiger partial charge in [0, 0.05) is 12.3 Å². The molecule has 0 aliphatic carbocycles. The lowest BCUT2D eigenvalue weighted by Gasteiger charge is -1.94. The predicted octanol–water partition coefficient (Wildman–Crippen LogP) is 4.62. The van der Waals surface area contributed by atoms with Crippen LogP contribution in [0.2, 0.25) is 0 Å². The number of allylic oxidation sites excluding steroid dienone is 1. The summed E-state index contributed by atoms with van der Waals surface area (Å²) in [6.07, 6.45) is 9.44. The van der Waals surface area contributed by atoms with Crippen LogP contribution < -0.4 is 0 Å². The highest BCUT2D eigenvalue weighted by molar-refractivity contribution is 5.85. The van der Waals surface area contributed by atoms with Gasteiger partial charge < -0.3 is 0 Å². The lowest BCUT2D eigenvalue weighted by atomic mass is 10.2. The van der Waals surface area contributed by atoms with Crippen LogP contribution in [0, 0.1) is 0 Å². The van der Waals surface area contributed by atoms with E-state index in [2.05, 4.69) is 18.8 Å². The zero-order chi connectivity index (χ0) is 10.9. The molecule has 0 saturated carbocycles. The number of nitrogens with zero attached hydrogens (tertiary/aromatic N) is 1. The van der Waals surface area contributed by atoms with E-state index in [9.17, 15) is 8.78 Å². The van der Waals surface area contributed by atoms with Gasteiger partial charge in [-0.15, -0.1) is 12.4 Å². The molecule has 0 fully saturated rings. The maximum atomic E-state index is 11.7. The molecule has 0 spiro atoms. The van der Waals surface area contributed by atoms with Crippen LogP contribution in [0.15, 0.2) is 17.3 Å². The zero-order valence-electron chi connectivity index (χ0n) is 9.38. The second-order valence-electron chi connectivity index (χ2n) is 3.33. The number of hydrogen-bond acceptors (Lipinski definition) is 1. The molecule has 0 radical (unpaired) electrons. The number of hydrogen-bond donors (Lipinski definition) is 0. The lowest BCUT2D eigenvalue weighted by Crippen LogP contribution is -2.09. The monoisotopic (exact) mass is 239 g/mol. The van der Waals surface area contributed by atoms with Gasteiger partial charge in [0.25, 0.3) is 0 Å². The van der Waals surface area contributed by atoms with Crippen molar-refractivity contribution in [1.29, 1.82) is 0 Å². The number of rotatable bonds is 4. The van der Waals surface area contributed by atoms with Crippen LogP contribution in [-0.2, 0) is 0 Å². The van der Waals surface area contributed by atoms with Gasteiger partial charge >= 0.3 is 5.92 Å². The van der Waals surface area contributed by atoms with Crippen molar-refractivity contribution < 1.29 is 8.78 Å². The van der Waals surface area contributed by atoms with Crippen molar-refractivity contribution in [3.05, 3.63) is 12.3 Å². The van der Waals surface area contributed by atoms with Gasteiger partial charge in [-0.1, -0.05) is 46.0 Å². The molecule has 1 rings (SSSR count). The summed E-state index contributed by atoms with van der Waals surface area (Å²) in [6, 6.07) is 0. The van der Waals surface area contributed by atoms with E-state index in [1.165, 1.54) is 32.1 Å². The highest BCUT2D eigenvalue weighted by Gasteiger charge is 2.23. The highest BCUT2D eigenvalue weighted by Crippen LogP contribution is 2.15. The number of halogens is 3. The number of aliphatic imine (C=N–C) groups is 1. The molecule has 0 aromatic rings. The molecule has 0 bridgehead atoms. The number of unbranched alkanes of at least 4 members (excludes halogenated alkanes) is 4. The van der Waals surface area contributed by atoms with Gasteiger partial charge in [0.2, 0.25) is 0 Å². The van der Waals surface area contributed by atoms with Crippen molar-refractivity contribution in [3.8, 4) is 0 Å². The molecule has 0 amide bonds. The van der Waals surface area contributed by atoms with Crippen molar-refractivity contribution >= 4 is 18.6 Å². The quantitative estimate of drug-likeness (QED) is 0.635. The molecule has 0 N–H and O–H groups in total. The van der Waals surface area contributed by atoms with E-state index >= 15 is 0 Å².